The van der Waals surface area contributed by atoms with Crippen LogP contribution in [0, 0.1) is 12.8 Å². The molecule has 1 aliphatic rings. The molecule has 2 aromatic heterocycles. The van der Waals surface area contributed by atoms with Gasteiger partial charge in [0.05, 0.1) is 16.9 Å². The lowest BCUT2D eigenvalue weighted by molar-refractivity contribution is -0.170. The molecule has 0 spiro atoms. The number of rotatable bonds is 5. The molecule has 4 rings (SSSR count). The maximum Gasteiger partial charge on any atom is 0.156 e. The van der Waals surface area contributed by atoms with E-state index in [1.54, 1.807) is 0 Å². The van der Waals surface area contributed by atoms with Crippen LogP contribution in [0.5, 0.6) is 0 Å². The first kappa shape index (κ1) is 21.7. The van der Waals surface area contributed by atoms with E-state index in [1.165, 1.54) is 5.56 Å². The lowest BCUT2D eigenvalue weighted by Crippen LogP contribution is -2.46. The van der Waals surface area contributed by atoms with Crippen LogP contribution in [-0.2, 0) is 4.74 Å². The predicted molar refractivity (Wildman–Crippen MR) is 126 cm³/mol. The first-order valence-corrected chi connectivity index (χ1v) is 11.3. The van der Waals surface area contributed by atoms with Gasteiger partial charge in [0.2, 0.25) is 0 Å². The molecule has 1 aliphatic heterocycles. The fourth-order valence-electron chi connectivity index (χ4n) is 5.25. The Bertz CT molecular complexity index is 1060. The molecule has 1 N–H and O–H groups in total. The molecule has 1 unspecified atom stereocenters. The highest BCUT2D eigenvalue weighted by molar-refractivity contribution is 5.93. The fourth-order valence-corrected chi connectivity index (χ4v) is 5.25. The van der Waals surface area contributed by atoms with Crippen LogP contribution in [0.15, 0.2) is 42.6 Å². The summed E-state index contributed by atoms with van der Waals surface area (Å²) in [6.07, 6.45) is 3.93. The second-order valence-corrected chi connectivity index (χ2v) is 10.2. The van der Waals surface area contributed by atoms with E-state index in [-0.39, 0.29) is 17.1 Å². The van der Waals surface area contributed by atoms with Crippen molar-refractivity contribution in [3.63, 3.8) is 0 Å². The molecule has 0 amide bonds. The largest absolute Gasteiger partial charge is 0.370 e. The van der Waals surface area contributed by atoms with Crippen LogP contribution in [-0.4, -0.2) is 32.9 Å². The van der Waals surface area contributed by atoms with E-state index in [2.05, 4.69) is 91.5 Å². The Hall–Kier alpha value is -2.53. The Morgan fingerprint density at radius 3 is 2.39 bits per heavy atom. The van der Waals surface area contributed by atoms with Crippen LogP contribution in [0.4, 0.5) is 5.82 Å². The summed E-state index contributed by atoms with van der Waals surface area (Å²) >= 11 is 0. The molecule has 5 nitrogen and oxygen atoms in total. The molecule has 5 heteroatoms. The molecule has 31 heavy (non-hydrogen) atoms. The van der Waals surface area contributed by atoms with Crippen LogP contribution in [0.1, 0.15) is 70.3 Å². The summed E-state index contributed by atoms with van der Waals surface area (Å²) in [6, 6.07) is 12.6. The normalized spacial score (nSPS) is 19.3. The van der Waals surface area contributed by atoms with Crippen molar-refractivity contribution in [3.05, 3.63) is 59.5 Å². The van der Waals surface area contributed by atoms with Crippen molar-refractivity contribution in [2.24, 2.45) is 5.92 Å². The topological polar surface area (TPSA) is 59.9 Å². The average Bonchev–Trinajstić information content (AvgIpc) is 2.69. The number of hydrogen-bond acceptors (Lipinski definition) is 5. The van der Waals surface area contributed by atoms with Gasteiger partial charge in [-0.05, 0) is 71.1 Å². The van der Waals surface area contributed by atoms with Crippen molar-refractivity contribution in [2.75, 3.05) is 11.9 Å². The fraction of sp³-hybridized carbons (Fsp3) is 0.500. The standard InChI is InChI=1S/C26H34N4O/c1-17-13-20(11-12-27-17)18(2)23-21-9-7-8-10-22(21)24(30-29-23)28-16-19-14-25(3,4)31-26(5,6)15-19/h7-13,18-19H,14-16H2,1-6H3,(H,28,30). The summed E-state index contributed by atoms with van der Waals surface area (Å²) in [4.78, 5) is 4.33. The summed E-state index contributed by atoms with van der Waals surface area (Å²) in [7, 11) is 0. The molecule has 0 aliphatic carbocycles. The van der Waals surface area contributed by atoms with Gasteiger partial charge < -0.3 is 10.1 Å². The molecule has 0 bridgehead atoms. The maximum atomic E-state index is 6.25. The predicted octanol–water partition coefficient (Wildman–Crippen LogP) is 5.88. The number of nitrogens with one attached hydrogen (secondary N) is 1. The smallest absolute Gasteiger partial charge is 0.156 e. The molecular weight excluding hydrogens is 384 g/mol. The van der Waals surface area contributed by atoms with E-state index < -0.39 is 0 Å². The summed E-state index contributed by atoms with van der Waals surface area (Å²) in [5.41, 5.74) is 3.01. The van der Waals surface area contributed by atoms with Crippen LogP contribution < -0.4 is 5.32 Å². The van der Waals surface area contributed by atoms with Gasteiger partial charge in [0.1, 0.15) is 0 Å². The second-order valence-electron chi connectivity index (χ2n) is 10.2. The second kappa shape index (κ2) is 8.19. The number of nitrogens with zero attached hydrogens (tertiary/aromatic N) is 3. The van der Waals surface area contributed by atoms with Crippen LogP contribution in [0.3, 0.4) is 0 Å². The number of fused-ring (bicyclic) bond motifs is 1. The zero-order chi connectivity index (χ0) is 22.2. The van der Waals surface area contributed by atoms with Crippen molar-refractivity contribution < 1.29 is 4.74 Å². The average molecular weight is 419 g/mol. The van der Waals surface area contributed by atoms with Gasteiger partial charge in [-0.1, -0.05) is 31.2 Å². The van der Waals surface area contributed by atoms with E-state index in [4.69, 9.17) is 4.74 Å². The monoisotopic (exact) mass is 418 g/mol. The van der Waals surface area contributed by atoms with Gasteiger partial charge in [-0.15, -0.1) is 5.10 Å². The number of pyridine rings is 1. The molecule has 3 aromatic rings. The zero-order valence-corrected chi connectivity index (χ0v) is 19.6. The number of hydrogen-bond donors (Lipinski definition) is 1. The van der Waals surface area contributed by atoms with Gasteiger partial charge in [-0.3, -0.25) is 4.98 Å². The Balaban J connectivity index is 1.60. The Labute approximate surface area is 185 Å². The van der Waals surface area contributed by atoms with E-state index in [1.807, 2.05) is 13.1 Å². The van der Waals surface area contributed by atoms with E-state index >= 15 is 0 Å². The minimum atomic E-state index is -0.107. The van der Waals surface area contributed by atoms with Gasteiger partial charge in [0, 0.05) is 35.1 Å². The zero-order valence-electron chi connectivity index (χ0n) is 19.6. The summed E-state index contributed by atoms with van der Waals surface area (Å²) in [5, 5.41) is 15.2. The van der Waals surface area contributed by atoms with Crippen molar-refractivity contribution >= 4 is 16.6 Å². The molecule has 1 atom stereocenters. The highest BCUT2D eigenvalue weighted by Gasteiger charge is 2.39. The highest BCUT2D eigenvalue weighted by atomic mass is 16.5. The first-order valence-electron chi connectivity index (χ1n) is 11.3. The summed E-state index contributed by atoms with van der Waals surface area (Å²) in [5.74, 6) is 1.53. The SMILES string of the molecule is Cc1cc(C(C)c2nnc(NCC3CC(C)(C)OC(C)(C)C3)c3ccccc23)ccn1. The third kappa shape index (κ3) is 4.87. The van der Waals surface area contributed by atoms with Gasteiger partial charge in [-0.25, -0.2) is 0 Å². The number of aryl methyl sites for hydroxylation is 1. The minimum absolute atomic E-state index is 0.107. The lowest BCUT2D eigenvalue weighted by atomic mass is 9.81. The van der Waals surface area contributed by atoms with E-state index in [0.29, 0.717) is 5.92 Å². The molecule has 1 saturated heterocycles. The van der Waals surface area contributed by atoms with Crippen LogP contribution in [0.25, 0.3) is 10.8 Å². The van der Waals surface area contributed by atoms with Gasteiger partial charge in [0.15, 0.2) is 5.82 Å². The molecule has 0 saturated carbocycles. The molecule has 1 fully saturated rings. The number of benzene rings is 1. The molecule has 164 valence electrons. The van der Waals surface area contributed by atoms with Gasteiger partial charge in [0.25, 0.3) is 0 Å². The van der Waals surface area contributed by atoms with Crippen LogP contribution in [0.2, 0.25) is 0 Å². The third-order valence-corrected chi connectivity index (χ3v) is 6.22. The Morgan fingerprint density at radius 1 is 1.03 bits per heavy atom. The summed E-state index contributed by atoms with van der Waals surface area (Å²) < 4.78 is 6.25. The first-order chi connectivity index (χ1) is 14.6. The van der Waals surface area contributed by atoms with Gasteiger partial charge in [-0.2, -0.15) is 5.10 Å². The quantitative estimate of drug-likeness (QED) is 0.560. The Kier molecular flexibility index (Phi) is 5.73. The van der Waals surface area contributed by atoms with E-state index in [0.717, 1.165) is 47.4 Å². The summed E-state index contributed by atoms with van der Waals surface area (Å²) in [6.45, 7) is 13.8. The third-order valence-electron chi connectivity index (χ3n) is 6.22. The number of anilines is 1. The van der Waals surface area contributed by atoms with Crippen molar-refractivity contribution in [1.82, 2.24) is 15.2 Å². The molecule has 0 radical (unpaired) electrons. The molecule has 1 aromatic carbocycles. The Morgan fingerprint density at radius 2 is 1.71 bits per heavy atom. The molecular formula is C26H34N4O. The molecule has 3 heterocycles. The lowest BCUT2D eigenvalue weighted by Gasteiger charge is -2.45. The number of aromatic nitrogens is 3. The van der Waals surface area contributed by atoms with Crippen LogP contribution >= 0.6 is 0 Å². The van der Waals surface area contributed by atoms with Crippen molar-refractivity contribution in [3.8, 4) is 0 Å². The van der Waals surface area contributed by atoms with Gasteiger partial charge >= 0.3 is 0 Å². The number of ether oxygens (including phenoxy) is 1. The maximum absolute atomic E-state index is 6.25. The van der Waals surface area contributed by atoms with Crippen molar-refractivity contribution in [1.29, 1.82) is 0 Å². The van der Waals surface area contributed by atoms with Crippen molar-refractivity contribution in [2.45, 2.75) is 71.5 Å². The highest BCUT2D eigenvalue weighted by Crippen LogP contribution is 2.39. The minimum Gasteiger partial charge on any atom is -0.370 e. The van der Waals surface area contributed by atoms with E-state index in [9.17, 15) is 0 Å².